The second-order valence-electron chi connectivity index (χ2n) is 7.46. The number of aliphatic imine (C=N–C) groups is 1. The molecule has 160 valence electrons. The molecule has 0 amide bonds. The highest BCUT2D eigenvalue weighted by Gasteiger charge is 2.20. The van der Waals surface area contributed by atoms with Gasteiger partial charge in [0.15, 0.2) is 5.96 Å². The molecule has 0 aliphatic carbocycles. The molecule has 2 heterocycles. The van der Waals surface area contributed by atoms with E-state index < -0.39 is 0 Å². The summed E-state index contributed by atoms with van der Waals surface area (Å²) in [7, 11) is 1.84. The maximum atomic E-state index is 5.71. The van der Waals surface area contributed by atoms with Gasteiger partial charge in [0.25, 0.3) is 0 Å². The lowest BCUT2D eigenvalue weighted by molar-refractivity contribution is 0.0657. The lowest BCUT2D eigenvalue weighted by Crippen LogP contribution is -2.48. The Morgan fingerprint density at radius 2 is 1.97 bits per heavy atom. The van der Waals surface area contributed by atoms with Gasteiger partial charge in [-0.15, -0.1) is 35.3 Å². The summed E-state index contributed by atoms with van der Waals surface area (Å²) in [5.41, 5.74) is 2.44. The number of guanidine groups is 1. The number of hydrogen-bond donors (Lipinski definition) is 2. The van der Waals surface area contributed by atoms with Gasteiger partial charge in [0.1, 0.15) is 0 Å². The monoisotopic (exact) mass is 528 g/mol. The van der Waals surface area contributed by atoms with E-state index in [-0.39, 0.29) is 30.1 Å². The van der Waals surface area contributed by atoms with Gasteiger partial charge in [-0.2, -0.15) is 0 Å². The van der Waals surface area contributed by atoms with E-state index in [1.165, 1.54) is 16.1 Å². The highest BCUT2D eigenvalue weighted by atomic mass is 127. The minimum Gasteiger partial charge on any atom is -0.374 e. The summed E-state index contributed by atoms with van der Waals surface area (Å²) in [5, 5.41) is 10.6. The van der Waals surface area contributed by atoms with E-state index in [4.69, 9.17) is 4.74 Å². The summed E-state index contributed by atoms with van der Waals surface area (Å²) < 4.78 is 5.71. The molecule has 5 nitrogen and oxygen atoms in total. The molecular formula is C22H33IN4OS. The number of hydrogen-bond acceptors (Lipinski definition) is 4. The van der Waals surface area contributed by atoms with Gasteiger partial charge in [-0.25, -0.2) is 0 Å². The molecule has 1 saturated heterocycles. The minimum absolute atomic E-state index is 0. The fourth-order valence-electron chi connectivity index (χ4n) is 3.36. The summed E-state index contributed by atoms with van der Waals surface area (Å²) in [4.78, 5) is 6.88. The minimum atomic E-state index is 0. The van der Waals surface area contributed by atoms with E-state index in [0.29, 0.717) is 12.6 Å². The van der Waals surface area contributed by atoms with E-state index in [0.717, 1.165) is 38.4 Å². The molecule has 1 aliphatic rings. The van der Waals surface area contributed by atoms with Crippen molar-refractivity contribution in [2.24, 2.45) is 4.99 Å². The van der Waals surface area contributed by atoms with Crippen LogP contribution >= 0.6 is 35.3 Å². The first kappa shape index (κ1) is 24.0. The zero-order valence-corrected chi connectivity index (χ0v) is 20.7. The van der Waals surface area contributed by atoms with Crippen LogP contribution in [0.25, 0.3) is 0 Å². The summed E-state index contributed by atoms with van der Waals surface area (Å²) >= 11 is 1.82. The lowest BCUT2D eigenvalue weighted by Gasteiger charge is -2.33. The van der Waals surface area contributed by atoms with Crippen LogP contribution < -0.4 is 15.5 Å². The van der Waals surface area contributed by atoms with Crippen molar-refractivity contribution in [2.45, 2.75) is 52.0 Å². The number of rotatable bonds is 7. The molecule has 1 aromatic carbocycles. The number of ether oxygens (including phenoxy) is 1. The first-order valence-electron chi connectivity index (χ1n) is 10.1. The van der Waals surface area contributed by atoms with Crippen molar-refractivity contribution < 1.29 is 4.74 Å². The summed E-state index contributed by atoms with van der Waals surface area (Å²) in [6.45, 7) is 7.71. The van der Waals surface area contributed by atoms with E-state index in [1.54, 1.807) is 0 Å². The highest BCUT2D eigenvalue weighted by molar-refractivity contribution is 14.0. The topological polar surface area (TPSA) is 48.9 Å². The van der Waals surface area contributed by atoms with Crippen molar-refractivity contribution >= 4 is 46.3 Å². The van der Waals surface area contributed by atoms with Crippen LogP contribution in [0.1, 0.15) is 37.8 Å². The Bertz CT molecular complexity index is 743. The standard InChI is InChI=1S/C22H32N4OS.HI/c1-17(2)27-16-19-7-4-6-18(14-19)15-24-22(23-3)25-20-9-11-26(12-10-20)21-8-5-13-28-21;/h4-8,13-14,17,20H,9-12,15-16H2,1-3H3,(H2,23,24,25);1H. The Morgan fingerprint density at radius 3 is 2.62 bits per heavy atom. The average Bonchev–Trinajstić information content (AvgIpc) is 3.25. The Balaban J connectivity index is 0.00000300. The van der Waals surface area contributed by atoms with Crippen LogP contribution in [-0.2, 0) is 17.9 Å². The molecule has 0 saturated carbocycles. The fraction of sp³-hybridized carbons (Fsp3) is 0.500. The first-order chi connectivity index (χ1) is 13.6. The molecule has 0 unspecified atom stereocenters. The lowest BCUT2D eigenvalue weighted by atomic mass is 10.1. The van der Waals surface area contributed by atoms with Crippen LogP contribution in [0, 0.1) is 0 Å². The Kier molecular flexibility index (Phi) is 10.2. The van der Waals surface area contributed by atoms with Gasteiger partial charge in [-0.05, 0) is 55.3 Å². The van der Waals surface area contributed by atoms with E-state index >= 15 is 0 Å². The predicted molar refractivity (Wildman–Crippen MR) is 135 cm³/mol. The number of piperidine rings is 1. The van der Waals surface area contributed by atoms with E-state index in [1.807, 2.05) is 18.4 Å². The van der Waals surface area contributed by atoms with Gasteiger partial charge in [0, 0.05) is 32.7 Å². The molecule has 1 fully saturated rings. The number of thiophene rings is 1. The van der Waals surface area contributed by atoms with Crippen LogP contribution in [0.15, 0.2) is 46.8 Å². The van der Waals surface area contributed by atoms with Crippen LogP contribution in [0.3, 0.4) is 0 Å². The predicted octanol–water partition coefficient (Wildman–Crippen LogP) is 4.63. The second kappa shape index (κ2) is 12.4. The number of nitrogens with one attached hydrogen (secondary N) is 2. The van der Waals surface area contributed by atoms with Crippen molar-refractivity contribution in [1.29, 1.82) is 0 Å². The van der Waals surface area contributed by atoms with Crippen molar-refractivity contribution in [2.75, 3.05) is 25.0 Å². The van der Waals surface area contributed by atoms with Gasteiger partial charge in [0.05, 0.1) is 17.7 Å². The summed E-state index contributed by atoms with van der Waals surface area (Å²) in [6.07, 6.45) is 2.50. The first-order valence-corrected chi connectivity index (χ1v) is 11.0. The highest BCUT2D eigenvalue weighted by Crippen LogP contribution is 2.24. The molecule has 0 spiro atoms. The third-order valence-corrected chi connectivity index (χ3v) is 5.84. The SMILES string of the molecule is CN=C(NCc1cccc(COC(C)C)c1)NC1CCN(c2cccs2)CC1.I. The smallest absolute Gasteiger partial charge is 0.191 e. The van der Waals surface area contributed by atoms with Crippen molar-refractivity contribution in [3.05, 3.63) is 52.9 Å². The molecular weight excluding hydrogens is 495 g/mol. The summed E-state index contributed by atoms with van der Waals surface area (Å²) in [6, 6.07) is 13.3. The van der Waals surface area contributed by atoms with Crippen LogP contribution in [0.5, 0.6) is 0 Å². The van der Waals surface area contributed by atoms with Crippen molar-refractivity contribution in [3.63, 3.8) is 0 Å². The summed E-state index contributed by atoms with van der Waals surface area (Å²) in [5.74, 6) is 0.874. The van der Waals surface area contributed by atoms with Crippen LogP contribution in [0.2, 0.25) is 0 Å². The molecule has 3 rings (SSSR count). The quantitative estimate of drug-likeness (QED) is 0.313. The maximum Gasteiger partial charge on any atom is 0.191 e. The number of anilines is 1. The molecule has 1 aliphatic heterocycles. The number of benzene rings is 1. The fourth-order valence-corrected chi connectivity index (χ4v) is 4.15. The Hall–Kier alpha value is -1.32. The van der Waals surface area contributed by atoms with Crippen LogP contribution in [0.4, 0.5) is 5.00 Å². The van der Waals surface area contributed by atoms with Gasteiger partial charge in [-0.1, -0.05) is 24.3 Å². The van der Waals surface area contributed by atoms with Gasteiger partial charge < -0.3 is 20.3 Å². The molecule has 0 radical (unpaired) electrons. The number of halogens is 1. The largest absolute Gasteiger partial charge is 0.374 e. The molecule has 0 bridgehead atoms. The Labute approximate surface area is 196 Å². The molecule has 7 heteroatoms. The van der Waals surface area contributed by atoms with Gasteiger partial charge >= 0.3 is 0 Å². The zero-order chi connectivity index (χ0) is 19.8. The molecule has 2 N–H and O–H groups in total. The maximum absolute atomic E-state index is 5.71. The molecule has 2 aromatic rings. The van der Waals surface area contributed by atoms with E-state index in [2.05, 4.69) is 76.2 Å². The van der Waals surface area contributed by atoms with Crippen LogP contribution in [-0.4, -0.2) is 38.2 Å². The second-order valence-corrected chi connectivity index (χ2v) is 8.39. The zero-order valence-electron chi connectivity index (χ0n) is 17.6. The van der Waals surface area contributed by atoms with Crippen molar-refractivity contribution in [3.8, 4) is 0 Å². The molecule has 1 aromatic heterocycles. The molecule has 29 heavy (non-hydrogen) atoms. The van der Waals surface area contributed by atoms with Gasteiger partial charge in [0.2, 0.25) is 0 Å². The van der Waals surface area contributed by atoms with Crippen molar-refractivity contribution in [1.82, 2.24) is 10.6 Å². The normalized spacial score (nSPS) is 15.3. The van der Waals surface area contributed by atoms with Gasteiger partial charge in [-0.3, -0.25) is 4.99 Å². The Morgan fingerprint density at radius 1 is 1.21 bits per heavy atom. The number of nitrogens with zero attached hydrogens (tertiary/aromatic N) is 2. The molecule has 0 atom stereocenters. The average molecular weight is 529 g/mol. The third-order valence-electron chi connectivity index (χ3n) is 4.91. The third kappa shape index (κ3) is 7.79. The van der Waals surface area contributed by atoms with E-state index in [9.17, 15) is 0 Å².